The van der Waals surface area contributed by atoms with E-state index < -0.39 is 0 Å². The van der Waals surface area contributed by atoms with Crippen LogP contribution < -0.4 is 0 Å². The Morgan fingerprint density at radius 3 is 1.38 bits per heavy atom. The fourth-order valence-electron chi connectivity index (χ4n) is 2.06. The van der Waals surface area contributed by atoms with Crippen LogP contribution in [0.4, 0.5) is 0 Å². The second-order valence-corrected chi connectivity index (χ2v) is 7.48. The predicted molar refractivity (Wildman–Crippen MR) is 110 cm³/mol. The summed E-state index contributed by atoms with van der Waals surface area (Å²) in [5, 5.41) is 58.9. The van der Waals surface area contributed by atoms with Gasteiger partial charge in [-0.25, -0.2) is 0 Å². The van der Waals surface area contributed by atoms with E-state index in [0.717, 1.165) is 0 Å². The predicted octanol–water partition coefficient (Wildman–Crippen LogP) is 1.67. The number of halogens is 2. The Kier molecular flexibility index (Phi) is 19.6. The van der Waals surface area contributed by atoms with Gasteiger partial charge >= 0.3 is 33.3 Å². The van der Waals surface area contributed by atoms with Crippen molar-refractivity contribution in [1.29, 1.82) is 0 Å². The summed E-state index contributed by atoms with van der Waals surface area (Å²) in [6, 6.07) is -1.37. The molecule has 1 aliphatic rings. The van der Waals surface area contributed by atoms with Crippen molar-refractivity contribution in [3.05, 3.63) is 26.6 Å². The van der Waals surface area contributed by atoms with E-state index in [0.29, 0.717) is 32.7 Å². The van der Waals surface area contributed by atoms with E-state index in [4.69, 9.17) is 20.2 Å². The Balaban J connectivity index is -0.000000280. The van der Waals surface area contributed by atoms with E-state index in [2.05, 4.69) is 26.6 Å². The maximum Gasteiger partial charge on any atom is 0 e. The van der Waals surface area contributed by atoms with Gasteiger partial charge in [-0.15, -0.1) is 24.2 Å². The second kappa shape index (κ2) is 19.1. The van der Waals surface area contributed by atoms with Crippen molar-refractivity contribution < 1.29 is 39.3 Å². The zero-order chi connectivity index (χ0) is 19.6. The Labute approximate surface area is 176 Å². The summed E-state index contributed by atoms with van der Waals surface area (Å²) in [6.45, 7) is 1.79. The molecule has 1 saturated heterocycles. The number of aliphatic hydroxyl groups is 4. The molecule has 0 saturated carbocycles. The monoisotopic (exact) mass is 463 g/mol. The van der Waals surface area contributed by atoms with E-state index in [1.807, 2.05) is 0 Å². The van der Waals surface area contributed by atoms with Crippen molar-refractivity contribution >= 4 is 20.2 Å². The molecule has 0 aromatic heterocycles. The van der Waals surface area contributed by atoms with Crippen molar-refractivity contribution in [2.45, 2.75) is 24.2 Å². The molecule has 1 aliphatic heterocycles. The summed E-state index contributed by atoms with van der Waals surface area (Å²) in [5.74, 6) is 0. The average molecular weight is 464 g/mol. The minimum atomic E-state index is -0.378. The van der Waals surface area contributed by atoms with Gasteiger partial charge in [0.25, 0.3) is 0 Å². The first-order chi connectivity index (χ1) is 12.6. The molecule has 1 fully saturated rings. The Bertz CT molecular complexity index is 308. The van der Waals surface area contributed by atoms with Crippen LogP contribution in [-0.4, -0.2) is 110 Å². The zero-order valence-corrected chi connectivity index (χ0v) is 17.2. The van der Waals surface area contributed by atoms with Gasteiger partial charge in [-0.2, -0.15) is 39.3 Å². The fourth-order valence-corrected chi connectivity index (χ4v) is 2.06. The molecular weight excluding hydrogens is 428 g/mol. The summed E-state index contributed by atoms with van der Waals surface area (Å²) in [4.78, 5) is 0. The van der Waals surface area contributed by atoms with Crippen LogP contribution >= 0.6 is 20.2 Å². The number of rotatable bonds is 4. The van der Waals surface area contributed by atoms with Crippen LogP contribution in [0.5, 0.6) is 0 Å². The van der Waals surface area contributed by atoms with Gasteiger partial charge in [-0.05, 0) is 0 Å². The molecule has 0 aromatic carbocycles. The second-order valence-electron chi connectivity index (χ2n) is 5.53. The quantitative estimate of drug-likeness (QED) is 0.468. The Morgan fingerprint density at radius 2 is 1.00 bits per heavy atom. The van der Waals surface area contributed by atoms with Gasteiger partial charge < -0.3 is 47.0 Å². The van der Waals surface area contributed by atoms with Crippen molar-refractivity contribution in [2.24, 2.45) is 0 Å². The minimum absolute atomic E-state index is 0. The Morgan fingerprint density at radius 1 is 0.654 bits per heavy atom. The molecule has 167 valence electrons. The first kappa shape index (κ1) is 26.7. The molecule has 0 unspecified atom stereocenters. The first-order valence-corrected chi connectivity index (χ1v) is 11.5. The molecule has 0 amide bonds. The third-order valence-electron chi connectivity index (χ3n) is 3.55. The average Bonchev–Trinajstić information content (AvgIpc) is 2.66. The molecule has 26 heavy (non-hydrogen) atoms. The van der Waals surface area contributed by atoms with Crippen LogP contribution in [0.25, 0.3) is 26.6 Å². The number of nitrogens with zero attached hydrogens (tertiary/aromatic N) is 5. The van der Waals surface area contributed by atoms with E-state index in [-0.39, 0.29) is 76.0 Å². The van der Waals surface area contributed by atoms with Gasteiger partial charge in [0.2, 0.25) is 0 Å². The maximum atomic E-state index is 9.36. The van der Waals surface area contributed by atoms with Crippen molar-refractivity contribution in [1.82, 2.24) is 0 Å². The summed E-state index contributed by atoms with van der Waals surface area (Å²) in [5.41, 5.74) is 0. The SMILES string of the molecule is OC[C@@H]1C[N-]CC[N-][C@@H](CO)C[N-][C@H](CO)C[N-][C@@H](CO)C[N-]1.[Cl][Mn][Cl].[HH].[HH].[HH].[HH]. The van der Waals surface area contributed by atoms with Gasteiger partial charge in [0, 0.05) is 32.1 Å². The van der Waals surface area contributed by atoms with E-state index in [1.165, 1.54) is 0 Å². The van der Waals surface area contributed by atoms with Gasteiger partial charge in [-0.3, -0.25) is 0 Å². The minimum Gasteiger partial charge on any atom is 0 e. The summed E-state index contributed by atoms with van der Waals surface area (Å²) in [7, 11) is 9.59. The third-order valence-corrected chi connectivity index (χ3v) is 3.55. The van der Waals surface area contributed by atoms with Crippen LogP contribution in [0.1, 0.15) is 5.71 Å². The standard InChI is InChI=1S/C14H28N5O4.2ClH.Mn.4H2/c20-7-11-3-15-1-2-16-12(8-21)4-18-14(10-23)6-19-13(9-22)5-17-11;;;;;;;/h11-14,20-23H,1-10H2;2*1H;;4*1H/q-5;;;+2;;;;/p-2/t11-,12+,13+,14-;;;;;;;/m0......./s1. The third kappa shape index (κ3) is 13.8. The van der Waals surface area contributed by atoms with Gasteiger partial charge in [0.1, 0.15) is 0 Å². The number of hydrogen-bond acceptors (Lipinski definition) is 4. The zero-order valence-electron chi connectivity index (χ0n) is 14.5. The van der Waals surface area contributed by atoms with Crippen LogP contribution in [-0.2, 0) is 13.1 Å². The van der Waals surface area contributed by atoms with Crippen LogP contribution in [0, 0.1) is 0 Å². The van der Waals surface area contributed by atoms with Gasteiger partial charge in [0.05, 0.1) is 0 Å². The van der Waals surface area contributed by atoms with E-state index >= 15 is 0 Å². The summed E-state index contributed by atoms with van der Waals surface area (Å²) >= 11 is 0.00694. The van der Waals surface area contributed by atoms with Crippen LogP contribution in [0.2, 0.25) is 0 Å². The van der Waals surface area contributed by atoms with Crippen LogP contribution in [0.15, 0.2) is 0 Å². The van der Waals surface area contributed by atoms with Crippen LogP contribution in [0.3, 0.4) is 0 Å². The normalized spacial score (nSPS) is 29.8. The fraction of sp³-hybridized carbons (Fsp3) is 1.00. The molecular formula is C14H36Cl2MnN5O4-5. The molecule has 4 N–H and O–H groups in total. The molecule has 0 radical (unpaired) electrons. The molecule has 0 aliphatic carbocycles. The molecule has 0 spiro atoms. The van der Waals surface area contributed by atoms with Gasteiger partial charge in [-0.1, -0.05) is 0 Å². The molecule has 1 rings (SSSR count). The number of aliphatic hydroxyl groups excluding tert-OH is 4. The Hall–Kier alpha value is 0.739. The van der Waals surface area contributed by atoms with Crippen molar-refractivity contribution in [2.75, 3.05) is 65.7 Å². The molecule has 12 heteroatoms. The number of hydrogen-bond donors (Lipinski definition) is 4. The van der Waals surface area contributed by atoms with Crippen molar-refractivity contribution in [3.8, 4) is 0 Å². The molecule has 0 bridgehead atoms. The molecule has 1 heterocycles. The summed E-state index contributed by atoms with van der Waals surface area (Å²) in [6.07, 6.45) is 0. The molecule has 9 nitrogen and oxygen atoms in total. The topological polar surface area (TPSA) is 151 Å². The van der Waals surface area contributed by atoms with Gasteiger partial charge in [0.15, 0.2) is 0 Å². The van der Waals surface area contributed by atoms with E-state index in [1.54, 1.807) is 0 Å². The van der Waals surface area contributed by atoms with E-state index in [9.17, 15) is 20.4 Å². The molecule has 0 aromatic rings. The first-order valence-electron chi connectivity index (χ1n) is 8.25. The maximum absolute atomic E-state index is 9.36. The largest absolute Gasteiger partial charge is 0 e. The molecule has 4 atom stereocenters. The van der Waals surface area contributed by atoms with Crippen molar-refractivity contribution in [3.63, 3.8) is 0 Å². The summed E-state index contributed by atoms with van der Waals surface area (Å²) < 4.78 is 0. The smallest absolute Gasteiger partial charge is 0 e.